The molecular formula is C29H26N2O3. The van der Waals surface area contributed by atoms with Gasteiger partial charge >= 0.3 is 0 Å². The highest BCUT2D eigenvalue weighted by Crippen LogP contribution is 2.31. The van der Waals surface area contributed by atoms with Crippen LogP contribution in [0.2, 0.25) is 0 Å². The number of fused-ring (bicyclic) bond motifs is 1. The first kappa shape index (κ1) is 21.7. The van der Waals surface area contributed by atoms with Gasteiger partial charge in [0.25, 0.3) is 0 Å². The number of hydrogen-bond acceptors (Lipinski definition) is 3. The molecule has 34 heavy (non-hydrogen) atoms. The molecule has 0 aromatic heterocycles. The number of carbonyl (C=O) groups excluding carboxylic acids is 2. The fraction of sp³-hybridized carbons (Fsp3) is 0.172. The molecule has 5 heteroatoms. The molecule has 4 aromatic rings. The smallest absolute Gasteiger partial charge is 0.229 e. The largest absolute Gasteiger partial charge is 0.457 e. The summed E-state index contributed by atoms with van der Waals surface area (Å²) in [5, 5.41) is 5.11. The average molecular weight is 451 g/mol. The Kier molecular flexibility index (Phi) is 6.00. The predicted octanol–water partition coefficient (Wildman–Crippen LogP) is 6.18. The minimum Gasteiger partial charge on any atom is -0.457 e. The maximum atomic E-state index is 12.9. The van der Waals surface area contributed by atoms with Gasteiger partial charge in [-0.25, -0.2) is 0 Å². The number of amides is 2. The van der Waals surface area contributed by atoms with Gasteiger partial charge in [0.2, 0.25) is 11.8 Å². The quantitative estimate of drug-likeness (QED) is 0.382. The summed E-state index contributed by atoms with van der Waals surface area (Å²) in [7, 11) is 0. The molecule has 0 spiro atoms. The van der Waals surface area contributed by atoms with Crippen molar-refractivity contribution in [1.82, 2.24) is 4.90 Å². The molecule has 1 heterocycles. The molecule has 1 fully saturated rings. The molecule has 1 N–H and O–H groups in total. The standard InChI is InChI=1S/C29H26N2O3/c1-20(21-8-3-2-4-9-21)31-19-23(18-28(31)32)29(33)30-24-14-16-25(17-15-24)34-27-13-7-11-22-10-5-6-12-26(22)27/h2-17,20,23H,18-19H2,1H3,(H,30,33)/t20-,23-/m1/s1. The Bertz CT molecular complexity index is 1310. The minimum absolute atomic E-state index is 0.00957. The lowest BCUT2D eigenvalue weighted by atomic mass is 10.1. The highest BCUT2D eigenvalue weighted by molar-refractivity contribution is 5.97. The van der Waals surface area contributed by atoms with Crippen LogP contribution in [0.4, 0.5) is 5.69 Å². The van der Waals surface area contributed by atoms with Gasteiger partial charge in [-0.2, -0.15) is 0 Å². The molecule has 0 radical (unpaired) electrons. The Balaban J connectivity index is 1.22. The van der Waals surface area contributed by atoms with Gasteiger partial charge in [-0.05, 0) is 48.2 Å². The van der Waals surface area contributed by atoms with Crippen LogP contribution in [0.15, 0.2) is 97.1 Å². The van der Waals surface area contributed by atoms with Crippen molar-refractivity contribution in [1.29, 1.82) is 0 Å². The molecule has 5 rings (SSSR count). The lowest BCUT2D eigenvalue weighted by Gasteiger charge is -2.25. The van der Waals surface area contributed by atoms with Crippen LogP contribution >= 0.6 is 0 Å². The lowest BCUT2D eigenvalue weighted by Crippen LogP contribution is -2.30. The number of carbonyl (C=O) groups is 2. The van der Waals surface area contributed by atoms with Crippen molar-refractivity contribution in [3.05, 3.63) is 103 Å². The zero-order valence-electron chi connectivity index (χ0n) is 19.0. The summed E-state index contributed by atoms with van der Waals surface area (Å²) in [5.74, 6) is 0.972. The van der Waals surface area contributed by atoms with Crippen molar-refractivity contribution in [3.63, 3.8) is 0 Å². The summed E-state index contributed by atoms with van der Waals surface area (Å²) in [6, 6.07) is 31.2. The maximum Gasteiger partial charge on any atom is 0.229 e. The molecule has 4 aromatic carbocycles. The first-order valence-electron chi connectivity index (χ1n) is 11.5. The second-order valence-electron chi connectivity index (χ2n) is 8.63. The monoisotopic (exact) mass is 450 g/mol. The lowest BCUT2D eigenvalue weighted by molar-refractivity contribution is -0.129. The Hall–Kier alpha value is -4.12. The molecular weight excluding hydrogens is 424 g/mol. The minimum atomic E-state index is -0.370. The van der Waals surface area contributed by atoms with E-state index in [9.17, 15) is 9.59 Å². The van der Waals surface area contributed by atoms with E-state index in [1.807, 2.05) is 91.9 Å². The number of nitrogens with one attached hydrogen (secondary N) is 1. The van der Waals surface area contributed by atoms with Crippen LogP contribution < -0.4 is 10.1 Å². The Labute approximate surface area is 199 Å². The fourth-order valence-corrected chi connectivity index (χ4v) is 4.46. The summed E-state index contributed by atoms with van der Waals surface area (Å²) in [5.41, 5.74) is 1.75. The van der Waals surface area contributed by atoms with E-state index in [1.165, 1.54) is 0 Å². The van der Waals surface area contributed by atoms with Gasteiger partial charge in [0, 0.05) is 24.0 Å². The van der Waals surface area contributed by atoms with Gasteiger partial charge in [-0.3, -0.25) is 9.59 Å². The molecule has 5 nitrogen and oxygen atoms in total. The van der Waals surface area contributed by atoms with Gasteiger partial charge in [0.05, 0.1) is 12.0 Å². The van der Waals surface area contributed by atoms with Crippen LogP contribution in [0.1, 0.15) is 24.9 Å². The van der Waals surface area contributed by atoms with Gasteiger partial charge in [0.15, 0.2) is 0 Å². The normalized spacial score (nSPS) is 16.4. The number of rotatable bonds is 6. The highest BCUT2D eigenvalue weighted by Gasteiger charge is 2.37. The molecule has 2 amide bonds. The van der Waals surface area contributed by atoms with Crippen LogP contribution in [0, 0.1) is 5.92 Å². The molecule has 170 valence electrons. The molecule has 0 saturated carbocycles. The number of ether oxygens (including phenoxy) is 1. The molecule has 0 aliphatic carbocycles. The third kappa shape index (κ3) is 4.50. The van der Waals surface area contributed by atoms with Crippen LogP contribution in [0.5, 0.6) is 11.5 Å². The van der Waals surface area contributed by atoms with Crippen molar-refractivity contribution >= 4 is 28.3 Å². The molecule has 1 aliphatic rings. The first-order valence-corrected chi connectivity index (χ1v) is 11.5. The summed E-state index contributed by atoms with van der Waals surface area (Å²) < 4.78 is 6.08. The predicted molar refractivity (Wildman–Crippen MR) is 134 cm³/mol. The number of likely N-dealkylation sites (tertiary alicyclic amines) is 1. The molecule has 0 unspecified atom stereocenters. The van der Waals surface area contributed by atoms with Crippen LogP contribution in [-0.4, -0.2) is 23.3 Å². The SMILES string of the molecule is C[C@H](c1ccccc1)N1C[C@H](C(=O)Nc2ccc(Oc3cccc4ccccc34)cc2)CC1=O. The molecule has 0 bridgehead atoms. The van der Waals surface area contributed by atoms with Crippen molar-refractivity contribution < 1.29 is 14.3 Å². The zero-order valence-corrected chi connectivity index (χ0v) is 19.0. The Morgan fingerprint density at radius 1 is 0.912 bits per heavy atom. The van der Waals surface area contributed by atoms with Gasteiger partial charge in [-0.1, -0.05) is 66.7 Å². The van der Waals surface area contributed by atoms with E-state index in [4.69, 9.17) is 4.74 Å². The van der Waals surface area contributed by atoms with Crippen molar-refractivity contribution in [3.8, 4) is 11.5 Å². The molecule has 1 saturated heterocycles. The Morgan fingerprint density at radius 3 is 2.41 bits per heavy atom. The second kappa shape index (κ2) is 9.40. The summed E-state index contributed by atoms with van der Waals surface area (Å²) >= 11 is 0. The van der Waals surface area contributed by atoms with Crippen LogP contribution in [0.25, 0.3) is 10.8 Å². The Morgan fingerprint density at radius 2 is 1.62 bits per heavy atom. The van der Waals surface area contributed by atoms with E-state index < -0.39 is 0 Å². The van der Waals surface area contributed by atoms with Crippen molar-refractivity contribution in [2.24, 2.45) is 5.92 Å². The fourth-order valence-electron chi connectivity index (χ4n) is 4.46. The van der Waals surface area contributed by atoms with Crippen molar-refractivity contribution in [2.45, 2.75) is 19.4 Å². The first-order chi connectivity index (χ1) is 16.6. The number of hydrogen-bond donors (Lipinski definition) is 1. The van der Waals surface area contributed by atoms with E-state index >= 15 is 0 Å². The number of anilines is 1. The average Bonchev–Trinajstić information content (AvgIpc) is 3.27. The second-order valence-corrected chi connectivity index (χ2v) is 8.63. The van der Waals surface area contributed by atoms with E-state index in [2.05, 4.69) is 17.4 Å². The van der Waals surface area contributed by atoms with E-state index in [0.29, 0.717) is 18.0 Å². The van der Waals surface area contributed by atoms with Crippen LogP contribution in [-0.2, 0) is 9.59 Å². The van der Waals surface area contributed by atoms with Gasteiger partial charge in [0.1, 0.15) is 11.5 Å². The van der Waals surface area contributed by atoms with Crippen molar-refractivity contribution in [2.75, 3.05) is 11.9 Å². The summed E-state index contributed by atoms with van der Waals surface area (Å²) in [6.45, 7) is 2.42. The topological polar surface area (TPSA) is 58.6 Å². The third-order valence-corrected chi connectivity index (χ3v) is 6.38. The zero-order chi connectivity index (χ0) is 23.5. The molecule has 1 aliphatic heterocycles. The highest BCUT2D eigenvalue weighted by atomic mass is 16.5. The summed E-state index contributed by atoms with van der Waals surface area (Å²) in [4.78, 5) is 27.3. The van der Waals surface area contributed by atoms with E-state index in [0.717, 1.165) is 22.1 Å². The van der Waals surface area contributed by atoms with E-state index in [-0.39, 0.29) is 30.2 Å². The molecule has 2 atom stereocenters. The number of nitrogens with zero attached hydrogens (tertiary/aromatic N) is 1. The summed E-state index contributed by atoms with van der Waals surface area (Å²) in [6.07, 6.45) is 0.227. The third-order valence-electron chi connectivity index (χ3n) is 6.38. The van der Waals surface area contributed by atoms with Gasteiger partial charge in [-0.15, -0.1) is 0 Å². The van der Waals surface area contributed by atoms with Crippen LogP contribution in [0.3, 0.4) is 0 Å². The van der Waals surface area contributed by atoms with Gasteiger partial charge < -0.3 is 15.0 Å². The number of benzene rings is 4. The maximum absolute atomic E-state index is 12.9. The van der Waals surface area contributed by atoms with E-state index in [1.54, 1.807) is 4.90 Å².